The zero-order chi connectivity index (χ0) is 14.0. The number of halogens is 1. The van der Waals surface area contributed by atoms with E-state index in [2.05, 4.69) is 5.32 Å². The third kappa shape index (κ3) is 3.16. The Morgan fingerprint density at radius 2 is 2.19 bits per heavy atom. The lowest BCUT2D eigenvalue weighted by molar-refractivity contribution is 0.0257. The second kappa shape index (κ2) is 6.39. The summed E-state index contributed by atoms with van der Waals surface area (Å²) in [6, 6.07) is 7.49. The van der Waals surface area contributed by atoms with Crippen LogP contribution in [-0.4, -0.2) is 24.5 Å². The minimum atomic E-state index is -0.417. The molecule has 0 bridgehead atoms. The van der Waals surface area contributed by atoms with E-state index in [0.29, 0.717) is 30.8 Å². The average molecular weight is 310 g/mol. The number of piperidine rings is 1. The zero-order valence-corrected chi connectivity index (χ0v) is 12.9. The lowest BCUT2D eigenvalue weighted by atomic mass is 9.82. The number of nitrogens with one attached hydrogen (secondary N) is 1. The van der Waals surface area contributed by atoms with Gasteiger partial charge < -0.3 is 14.8 Å². The smallest absolute Gasteiger partial charge is 0.170 e. The first-order chi connectivity index (χ1) is 9.72. The fraction of sp³-hybridized carbons (Fsp3) is 0.438. The molecule has 21 heavy (non-hydrogen) atoms. The molecular weight excluding hydrogens is 290 g/mol. The molecule has 1 atom stereocenters. The molecule has 2 aliphatic rings. The lowest BCUT2D eigenvalue weighted by Gasteiger charge is -2.41. The minimum absolute atomic E-state index is 0. The Labute approximate surface area is 130 Å². The molecule has 4 nitrogen and oxygen atoms in total. The molecule has 1 unspecified atom stereocenters. The summed E-state index contributed by atoms with van der Waals surface area (Å²) in [5.41, 5.74) is 1.29. The van der Waals surface area contributed by atoms with Crippen molar-refractivity contribution in [2.24, 2.45) is 0 Å². The molecular formula is C16H20ClNO3. The van der Waals surface area contributed by atoms with Crippen molar-refractivity contribution in [3.63, 3.8) is 0 Å². The van der Waals surface area contributed by atoms with Gasteiger partial charge in [-0.2, -0.15) is 0 Å². The van der Waals surface area contributed by atoms with Crippen LogP contribution in [0.5, 0.6) is 5.75 Å². The van der Waals surface area contributed by atoms with Crippen molar-refractivity contribution in [3.05, 3.63) is 41.8 Å². The third-order valence-electron chi connectivity index (χ3n) is 3.83. The van der Waals surface area contributed by atoms with E-state index in [9.17, 15) is 4.79 Å². The normalized spacial score (nSPS) is 25.6. The Bertz CT molecular complexity index is 558. The van der Waals surface area contributed by atoms with Gasteiger partial charge in [-0.25, -0.2) is 0 Å². The molecule has 1 spiro atoms. The van der Waals surface area contributed by atoms with E-state index in [0.717, 1.165) is 18.7 Å². The van der Waals surface area contributed by atoms with E-state index >= 15 is 0 Å². The number of para-hydroxylation sites is 1. The van der Waals surface area contributed by atoms with Gasteiger partial charge in [-0.3, -0.25) is 4.79 Å². The highest BCUT2D eigenvalue weighted by molar-refractivity contribution is 6.00. The summed E-state index contributed by atoms with van der Waals surface area (Å²) >= 11 is 0. The van der Waals surface area contributed by atoms with Gasteiger partial charge in [0, 0.05) is 25.1 Å². The molecule has 0 radical (unpaired) electrons. The number of fused-ring (bicyclic) bond motifs is 1. The van der Waals surface area contributed by atoms with Gasteiger partial charge in [0.05, 0.1) is 18.6 Å². The van der Waals surface area contributed by atoms with Crippen LogP contribution in [0.1, 0.15) is 36.5 Å². The Hall–Kier alpha value is -1.68. The third-order valence-corrected chi connectivity index (χ3v) is 3.83. The summed E-state index contributed by atoms with van der Waals surface area (Å²) in [5.74, 6) is 0.880. The lowest BCUT2D eigenvalue weighted by Crippen LogP contribution is -2.48. The van der Waals surface area contributed by atoms with Gasteiger partial charge in [-0.1, -0.05) is 12.1 Å². The first kappa shape index (κ1) is 15.7. The van der Waals surface area contributed by atoms with Gasteiger partial charge in [0.2, 0.25) is 0 Å². The van der Waals surface area contributed by atoms with Crippen LogP contribution in [0, 0.1) is 0 Å². The topological polar surface area (TPSA) is 47.6 Å². The Morgan fingerprint density at radius 3 is 3.00 bits per heavy atom. The molecule has 5 heteroatoms. The first-order valence-electron chi connectivity index (χ1n) is 7.08. The highest BCUT2D eigenvalue weighted by atomic mass is 35.5. The van der Waals surface area contributed by atoms with E-state index in [1.165, 1.54) is 0 Å². The molecule has 1 fully saturated rings. The number of benzene rings is 1. The molecule has 0 saturated carbocycles. The van der Waals surface area contributed by atoms with Gasteiger partial charge in [-0.05, 0) is 19.1 Å². The largest absolute Gasteiger partial charge is 0.500 e. The number of ketones is 1. The number of hydrogen-bond donors (Lipinski definition) is 1. The molecule has 114 valence electrons. The predicted octanol–water partition coefficient (Wildman–Crippen LogP) is 3.07. The van der Waals surface area contributed by atoms with Crippen molar-refractivity contribution in [1.29, 1.82) is 0 Å². The first-order valence-corrected chi connectivity index (χ1v) is 7.08. The molecule has 1 saturated heterocycles. The van der Waals surface area contributed by atoms with Crippen LogP contribution in [0.15, 0.2) is 36.2 Å². The minimum Gasteiger partial charge on any atom is -0.500 e. The van der Waals surface area contributed by atoms with Gasteiger partial charge in [-0.15, -0.1) is 12.4 Å². The van der Waals surface area contributed by atoms with Gasteiger partial charge in [0.15, 0.2) is 5.78 Å². The van der Waals surface area contributed by atoms with Crippen LogP contribution < -0.4 is 10.1 Å². The second-order valence-corrected chi connectivity index (χ2v) is 5.33. The molecule has 0 aliphatic carbocycles. The summed E-state index contributed by atoms with van der Waals surface area (Å²) < 4.78 is 11.5. The van der Waals surface area contributed by atoms with E-state index in [1.807, 2.05) is 31.2 Å². The van der Waals surface area contributed by atoms with Gasteiger partial charge >= 0.3 is 0 Å². The van der Waals surface area contributed by atoms with Crippen molar-refractivity contribution < 1.29 is 14.3 Å². The maximum atomic E-state index is 12.3. The van der Waals surface area contributed by atoms with Crippen molar-refractivity contribution in [3.8, 4) is 5.75 Å². The van der Waals surface area contributed by atoms with E-state index in [4.69, 9.17) is 9.47 Å². The van der Waals surface area contributed by atoms with Crippen LogP contribution in [0.2, 0.25) is 0 Å². The van der Waals surface area contributed by atoms with Crippen molar-refractivity contribution in [2.45, 2.75) is 31.8 Å². The molecule has 2 aliphatic heterocycles. The van der Waals surface area contributed by atoms with Crippen LogP contribution in [0.4, 0.5) is 0 Å². The van der Waals surface area contributed by atoms with Gasteiger partial charge in [0.1, 0.15) is 17.6 Å². The van der Waals surface area contributed by atoms with Crippen molar-refractivity contribution in [2.75, 3.05) is 13.2 Å². The Balaban J connectivity index is 0.00000161. The van der Waals surface area contributed by atoms with E-state index < -0.39 is 5.60 Å². The average Bonchev–Trinajstić information content (AvgIpc) is 2.45. The zero-order valence-electron chi connectivity index (χ0n) is 12.1. The summed E-state index contributed by atoms with van der Waals surface area (Å²) in [5, 5.41) is 3.31. The van der Waals surface area contributed by atoms with E-state index in [-0.39, 0.29) is 18.2 Å². The fourth-order valence-electron chi connectivity index (χ4n) is 2.90. The second-order valence-electron chi connectivity index (χ2n) is 5.33. The van der Waals surface area contributed by atoms with E-state index in [1.54, 1.807) is 6.26 Å². The van der Waals surface area contributed by atoms with Crippen LogP contribution >= 0.6 is 12.4 Å². The quantitative estimate of drug-likeness (QED) is 0.853. The molecule has 2 heterocycles. The van der Waals surface area contributed by atoms with Crippen LogP contribution in [0.25, 0.3) is 0 Å². The fourth-order valence-corrected chi connectivity index (χ4v) is 2.90. The number of hydrogen-bond acceptors (Lipinski definition) is 4. The van der Waals surface area contributed by atoms with Crippen molar-refractivity contribution >= 4 is 18.2 Å². The highest BCUT2D eigenvalue weighted by Gasteiger charge is 2.42. The summed E-state index contributed by atoms with van der Waals surface area (Å²) in [4.78, 5) is 12.3. The number of carbonyl (C=O) groups excluding carboxylic acids is 1. The van der Waals surface area contributed by atoms with Crippen molar-refractivity contribution in [1.82, 2.24) is 5.32 Å². The molecule has 1 aromatic carbocycles. The number of rotatable bonds is 2. The Morgan fingerprint density at radius 1 is 1.38 bits per heavy atom. The maximum absolute atomic E-state index is 12.3. The number of Topliss-reactive ketones (excluding diaryl/α,β-unsaturated/α-hetero) is 1. The molecule has 1 aromatic rings. The van der Waals surface area contributed by atoms with Crippen LogP contribution in [0.3, 0.4) is 0 Å². The molecule has 3 rings (SSSR count). The Kier molecular flexibility index (Phi) is 4.78. The maximum Gasteiger partial charge on any atom is 0.170 e. The molecule has 0 amide bonds. The molecule has 0 aromatic heterocycles. The SMILES string of the molecule is CCOC=C1CC2(CCN1)CC(=O)c1ccccc1O2.Cl. The summed E-state index contributed by atoms with van der Waals surface area (Å²) in [6.07, 6.45) is 3.70. The summed E-state index contributed by atoms with van der Waals surface area (Å²) in [6.45, 7) is 3.39. The predicted molar refractivity (Wildman–Crippen MR) is 82.9 cm³/mol. The monoisotopic (exact) mass is 309 g/mol. The number of carbonyl (C=O) groups is 1. The summed E-state index contributed by atoms with van der Waals surface area (Å²) in [7, 11) is 0. The number of ether oxygens (including phenoxy) is 2. The standard InChI is InChI=1S/C16H19NO3.ClH/c1-2-19-11-12-9-16(7-8-17-12)10-14(18)13-5-3-4-6-15(13)20-16;/h3-6,11,17H,2,7-10H2,1H3;1H. The van der Waals surface area contributed by atoms with Gasteiger partial charge in [0.25, 0.3) is 0 Å². The van der Waals surface area contributed by atoms with Crippen LogP contribution in [-0.2, 0) is 4.74 Å². The highest BCUT2D eigenvalue weighted by Crippen LogP contribution is 2.39. The molecule has 1 N–H and O–H groups in total.